The summed E-state index contributed by atoms with van der Waals surface area (Å²) in [7, 11) is 1.58. The maximum Gasteiger partial charge on any atom is 0.237 e. The first-order chi connectivity index (χ1) is 8.07. The second-order valence-corrected chi connectivity index (χ2v) is 4.89. The number of hydrogen-bond donors (Lipinski definition) is 3. The van der Waals surface area contributed by atoms with Gasteiger partial charge in [0.1, 0.15) is 0 Å². The lowest BCUT2D eigenvalue weighted by molar-refractivity contribution is -0.124. The molecule has 100 valence electrons. The minimum Gasteiger partial charge on any atom is -0.388 e. The van der Waals surface area contributed by atoms with Crippen molar-refractivity contribution in [1.29, 1.82) is 0 Å². The van der Waals surface area contributed by atoms with Crippen LogP contribution < -0.4 is 11.1 Å². The van der Waals surface area contributed by atoms with Crippen LogP contribution in [0.2, 0.25) is 0 Å². The molecule has 5 heteroatoms. The Morgan fingerprint density at radius 1 is 1.47 bits per heavy atom. The van der Waals surface area contributed by atoms with E-state index in [-0.39, 0.29) is 5.91 Å². The molecular formula is C12H24N2O3. The zero-order chi connectivity index (χ0) is 12.7. The van der Waals surface area contributed by atoms with E-state index in [0.717, 1.165) is 25.7 Å². The van der Waals surface area contributed by atoms with Gasteiger partial charge < -0.3 is 20.9 Å². The maximum absolute atomic E-state index is 11.6. The first kappa shape index (κ1) is 14.4. The lowest BCUT2D eigenvalue weighted by Crippen LogP contribution is -2.49. The summed E-state index contributed by atoms with van der Waals surface area (Å²) in [6.07, 6.45) is 5.26. The van der Waals surface area contributed by atoms with E-state index in [4.69, 9.17) is 10.5 Å². The summed E-state index contributed by atoms with van der Waals surface area (Å²) in [5, 5.41) is 12.9. The molecule has 0 radical (unpaired) electrons. The molecule has 0 bridgehead atoms. The smallest absolute Gasteiger partial charge is 0.237 e. The van der Waals surface area contributed by atoms with Crippen molar-refractivity contribution in [2.45, 2.75) is 50.2 Å². The number of hydrogen-bond acceptors (Lipinski definition) is 4. The molecular weight excluding hydrogens is 220 g/mol. The van der Waals surface area contributed by atoms with E-state index in [2.05, 4.69) is 5.32 Å². The van der Waals surface area contributed by atoms with Gasteiger partial charge in [-0.15, -0.1) is 0 Å². The molecule has 4 N–H and O–H groups in total. The number of methoxy groups -OCH3 is 1. The van der Waals surface area contributed by atoms with Crippen LogP contribution in [0, 0.1) is 0 Å². The van der Waals surface area contributed by atoms with Crippen molar-refractivity contribution in [1.82, 2.24) is 5.32 Å². The SMILES string of the molecule is COCCC(N)C(=O)NCC1(O)CCCCC1. The number of ether oxygens (including phenoxy) is 1. The largest absolute Gasteiger partial charge is 0.388 e. The van der Waals surface area contributed by atoms with Gasteiger partial charge in [0.25, 0.3) is 0 Å². The zero-order valence-electron chi connectivity index (χ0n) is 10.6. The molecule has 0 aromatic carbocycles. The Labute approximate surface area is 103 Å². The number of carbonyl (C=O) groups is 1. The minimum atomic E-state index is -0.727. The average molecular weight is 244 g/mol. The van der Waals surface area contributed by atoms with E-state index in [1.807, 2.05) is 0 Å². The number of carbonyl (C=O) groups excluding carboxylic acids is 1. The molecule has 0 heterocycles. The third-order valence-electron chi connectivity index (χ3n) is 3.35. The standard InChI is InChI=1S/C12H24N2O3/c1-17-8-5-10(13)11(15)14-9-12(16)6-3-2-4-7-12/h10,16H,2-9,13H2,1H3,(H,14,15). The van der Waals surface area contributed by atoms with Crippen molar-refractivity contribution >= 4 is 5.91 Å². The van der Waals surface area contributed by atoms with Crippen molar-refractivity contribution in [3.63, 3.8) is 0 Å². The summed E-state index contributed by atoms with van der Waals surface area (Å²) in [6, 6.07) is -0.554. The van der Waals surface area contributed by atoms with E-state index < -0.39 is 11.6 Å². The number of aliphatic hydroxyl groups is 1. The van der Waals surface area contributed by atoms with Gasteiger partial charge in [0, 0.05) is 20.3 Å². The van der Waals surface area contributed by atoms with Crippen LogP contribution in [-0.4, -0.2) is 42.9 Å². The molecule has 1 atom stereocenters. The highest BCUT2D eigenvalue weighted by Crippen LogP contribution is 2.27. The molecule has 0 aliphatic heterocycles. The van der Waals surface area contributed by atoms with Gasteiger partial charge in [0.2, 0.25) is 5.91 Å². The molecule has 1 rings (SSSR count). The van der Waals surface area contributed by atoms with Gasteiger partial charge >= 0.3 is 0 Å². The highest BCUT2D eigenvalue weighted by molar-refractivity contribution is 5.81. The number of rotatable bonds is 6. The molecule has 0 spiro atoms. The molecule has 0 aromatic heterocycles. The Bertz CT molecular complexity index is 240. The fourth-order valence-electron chi connectivity index (χ4n) is 2.15. The van der Waals surface area contributed by atoms with Crippen LogP contribution in [0.1, 0.15) is 38.5 Å². The first-order valence-corrected chi connectivity index (χ1v) is 6.32. The number of nitrogens with one attached hydrogen (secondary N) is 1. The Morgan fingerprint density at radius 3 is 2.71 bits per heavy atom. The van der Waals surface area contributed by atoms with Crippen molar-refractivity contribution in [3.8, 4) is 0 Å². The van der Waals surface area contributed by atoms with Crippen molar-refractivity contribution in [2.24, 2.45) is 5.73 Å². The topological polar surface area (TPSA) is 84.6 Å². The van der Waals surface area contributed by atoms with E-state index in [1.54, 1.807) is 7.11 Å². The van der Waals surface area contributed by atoms with Gasteiger partial charge in [-0.05, 0) is 19.3 Å². The Hall–Kier alpha value is -0.650. The molecule has 0 aromatic rings. The van der Waals surface area contributed by atoms with E-state index in [0.29, 0.717) is 19.6 Å². The molecule has 1 unspecified atom stereocenters. The Morgan fingerprint density at radius 2 is 2.12 bits per heavy atom. The quantitative estimate of drug-likeness (QED) is 0.621. The fourth-order valence-corrected chi connectivity index (χ4v) is 2.15. The summed E-state index contributed by atoms with van der Waals surface area (Å²) >= 11 is 0. The molecule has 1 aliphatic rings. The molecule has 0 saturated heterocycles. The molecule has 1 amide bonds. The fraction of sp³-hybridized carbons (Fsp3) is 0.917. The van der Waals surface area contributed by atoms with Crippen LogP contribution in [0.4, 0.5) is 0 Å². The van der Waals surface area contributed by atoms with Gasteiger partial charge in [0.15, 0.2) is 0 Å². The van der Waals surface area contributed by atoms with Crippen molar-refractivity contribution < 1.29 is 14.6 Å². The van der Waals surface area contributed by atoms with Gasteiger partial charge in [0.05, 0.1) is 11.6 Å². The van der Waals surface area contributed by atoms with Crippen LogP contribution >= 0.6 is 0 Å². The lowest BCUT2D eigenvalue weighted by Gasteiger charge is -2.32. The summed E-state index contributed by atoms with van der Waals surface area (Å²) < 4.78 is 4.87. The maximum atomic E-state index is 11.6. The molecule has 1 saturated carbocycles. The van der Waals surface area contributed by atoms with Crippen LogP contribution in [0.25, 0.3) is 0 Å². The summed E-state index contributed by atoms with van der Waals surface area (Å²) in [6.45, 7) is 0.783. The number of nitrogens with two attached hydrogens (primary N) is 1. The van der Waals surface area contributed by atoms with Crippen LogP contribution in [0.15, 0.2) is 0 Å². The summed E-state index contributed by atoms with van der Waals surface area (Å²) in [5.74, 6) is -0.207. The van der Waals surface area contributed by atoms with Crippen molar-refractivity contribution in [3.05, 3.63) is 0 Å². The molecule has 17 heavy (non-hydrogen) atoms. The van der Waals surface area contributed by atoms with E-state index in [1.165, 1.54) is 6.42 Å². The summed E-state index contributed by atoms with van der Waals surface area (Å²) in [4.78, 5) is 11.6. The zero-order valence-corrected chi connectivity index (χ0v) is 10.6. The second kappa shape index (κ2) is 6.93. The minimum absolute atomic E-state index is 0.207. The highest BCUT2D eigenvalue weighted by atomic mass is 16.5. The molecule has 5 nitrogen and oxygen atoms in total. The monoisotopic (exact) mass is 244 g/mol. The van der Waals surface area contributed by atoms with Gasteiger partial charge in [-0.1, -0.05) is 19.3 Å². The summed E-state index contributed by atoms with van der Waals surface area (Å²) in [5.41, 5.74) is 4.96. The third kappa shape index (κ3) is 5.02. The predicted molar refractivity (Wildman–Crippen MR) is 65.5 cm³/mol. The lowest BCUT2D eigenvalue weighted by atomic mass is 9.85. The molecule has 1 aliphatic carbocycles. The first-order valence-electron chi connectivity index (χ1n) is 6.32. The predicted octanol–water partition coefficient (Wildman–Crippen LogP) is 0.162. The highest BCUT2D eigenvalue weighted by Gasteiger charge is 2.29. The third-order valence-corrected chi connectivity index (χ3v) is 3.35. The second-order valence-electron chi connectivity index (χ2n) is 4.89. The van der Waals surface area contributed by atoms with Gasteiger partial charge in [-0.2, -0.15) is 0 Å². The molecule has 1 fully saturated rings. The van der Waals surface area contributed by atoms with Crippen LogP contribution in [-0.2, 0) is 9.53 Å². The normalized spacial score (nSPS) is 20.9. The van der Waals surface area contributed by atoms with Gasteiger partial charge in [-0.3, -0.25) is 4.79 Å². The van der Waals surface area contributed by atoms with Crippen LogP contribution in [0.3, 0.4) is 0 Å². The van der Waals surface area contributed by atoms with Gasteiger partial charge in [-0.25, -0.2) is 0 Å². The Balaban J connectivity index is 2.26. The van der Waals surface area contributed by atoms with Crippen molar-refractivity contribution in [2.75, 3.05) is 20.3 Å². The number of amides is 1. The van der Waals surface area contributed by atoms with E-state index >= 15 is 0 Å². The Kier molecular flexibility index (Phi) is 5.88. The average Bonchev–Trinajstić information content (AvgIpc) is 2.34. The van der Waals surface area contributed by atoms with E-state index in [9.17, 15) is 9.90 Å². The van der Waals surface area contributed by atoms with Crippen LogP contribution in [0.5, 0.6) is 0 Å².